The number of nitrogens with two attached hydrogens (primary N) is 1. The van der Waals surface area contributed by atoms with Crippen LogP contribution in [0.25, 0.3) is 0 Å². The summed E-state index contributed by atoms with van der Waals surface area (Å²) in [6, 6.07) is 9.90. The molecule has 0 saturated carbocycles. The summed E-state index contributed by atoms with van der Waals surface area (Å²) in [7, 11) is 2.22. The molecule has 0 aliphatic rings. The number of benzene rings is 1. The molecule has 0 saturated heterocycles. The SMILES string of the molecule is CCN(C)C(C)CC(C)Cc1ccc(C(CC(C)C)C(C)(C)N)cc1. The van der Waals surface area contributed by atoms with Gasteiger partial charge >= 0.3 is 0 Å². The summed E-state index contributed by atoms with van der Waals surface area (Å²) in [6.45, 7) is 16.9. The lowest BCUT2D eigenvalue weighted by molar-refractivity contribution is 0.234. The molecule has 0 radical (unpaired) electrons. The van der Waals surface area contributed by atoms with Crippen molar-refractivity contribution in [1.29, 1.82) is 0 Å². The fourth-order valence-electron chi connectivity index (χ4n) is 3.79. The van der Waals surface area contributed by atoms with Crippen LogP contribution in [0.1, 0.15) is 78.4 Å². The van der Waals surface area contributed by atoms with Gasteiger partial charge in [-0.25, -0.2) is 0 Å². The Labute approximate surface area is 157 Å². The second kappa shape index (κ2) is 9.73. The van der Waals surface area contributed by atoms with Gasteiger partial charge in [-0.05, 0) is 76.6 Å². The van der Waals surface area contributed by atoms with Crippen molar-refractivity contribution < 1.29 is 0 Å². The second-order valence-corrected chi connectivity index (χ2v) is 9.21. The first-order chi connectivity index (χ1) is 11.5. The molecule has 2 N–H and O–H groups in total. The van der Waals surface area contributed by atoms with Crippen LogP contribution in [0, 0.1) is 11.8 Å². The van der Waals surface area contributed by atoms with E-state index in [0.717, 1.165) is 19.4 Å². The molecule has 0 bridgehead atoms. The molecule has 1 rings (SSSR count). The van der Waals surface area contributed by atoms with Crippen molar-refractivity contribution in [3.05, 3.63) is 35.4 Å². The molecule has 3 unspecified atom stereocenters. The zero-order valence-electron chi connectivity index (χ0n) is 18.0. The Morgan fingerprint density at radius 2 is 1.56 bits per heavy atom. The van der Waals surface area contributed by atoms with Crippen LogP contribution in [-0.2, 0) is 6.42 Å². The molecular formula is C23H42N2. The maximum atomic E-state index is 6.47. The number of rotatable bonds is 10. The molecule has 1 aromatic rings. The first-order valence-corrected chi connectivity index (χ1v) is 10.1. The topological polar surface area (TPSA) is 29.3 Å². The van der Waals surface area contributed by atoms with Gasteiger partial charge in [0, 0.05) is 17.5 Å². The van der Waals surface area contributed by atoms with Crippen molar-refractivity contribution in [2.45, 2.75) is 85.2 Å². The van der Waals surface area contributed by atoms with E-state index in [-0.39, 0.29) is 5.54 Å². The highest BCUT2D eigenvalue weighted by atomic mass is 15.1. The van der Waals surface area contributed by atoms with Crippen LogP contribution in [-0.4, -0.2) is 30.1 Å². The van der Waals surface area contributed by atoms with Gasteiger partial charge < -0.3 is 10.6 Å². The summed E-state index contributed by atoms with van der Waals surface area (Å²) in [4.78, 5) is 2.43. The Hall–Kier alpha value is -0.860. The number of nitrogens with zero attached hydrogens (tertiary/aromatic N) is 1. The normalized spacial score (nSPS) is 16.3. The zero-order chi connectivity index (χ0) is 19.2. The van der Waals surface area contributed by atoms with E-state index in [2.05, 4.69) is 84.7 Å². The predicted molar refractivity (Wildman–Crippen MR) is 112 cm³/mol. The summed E-state index contributed by atoms with van der Waals surface area (Å²) in [5.74, 6) is 1.77. The van der Waals surface area contributed by atoms with Crippen molar-refractivity contribution in [3.8, 4) is 0 Å². The van der Waals surface area contributed by atoms with Gasteiger partial charge in [-0.2, -0.15) is 0 Å². The van der Waals surface area contributed by atoms with Crippen molar-refractivity contribution in [2.24, 2.45) is 17.6 Å². The van der Waals surface area contributed by atoms with Gasteiger partial charge in [-0.3, -0.25) is 0 Å². The summed E-state index contributed by atoms with van der Waals surface area (Å²) < 4.78 is 0. The highest BCUT2D eigenvalue weighted by Crippen LogP contribution is 2.32. The Kier molecular flexibility index (Phi) is 8.63. The molecule has 0 fully saturated rings. The highest BCUT2D eigenvalue weighted by molar-refractivity contribution is 5.28. The molecule has 1 aromatic carbocycles. The number of hydrogen-bond acceptors (Lipinski definition) is 2. The van der Waals surface area contributed by atoms with Gasteiger partial charge in [0.05, 0.1) is 0 Å². The molecule has 2 heteroatoms. The minimum absolute atomic E-state index is 0.181. The van der Waals surface area contributed by atoms with Gasteiger partial charge in [0.2, 0.25) is 0 Å². The first-order valence-electron chi connectivity index (χ1n) is 10.1. The first kappa shape index (κ1) is 22.2. The average molecular weight is 347 g/mol. The van der Waals surface area contributed by atoms with Crippen LogP contribution in [0.3, 0.4) is 0 Å². The number of hydrogen-bond donors (Lipinski definition) is 1. The monoisotopic (exact) mass is 346 g/mol. The lowest BCUT2D eigenvalue weighted by atomic mass is 9.77. The van der Waals surface area contributed by atoms with Crippen molar-refractivity contribution >= 4 is 0 Å². The van der Waals surface area contributed by atoms with Crippen LogP contribution in [0.4, 0.5) is 0 Å². The van der Waals surface area contributed by atoms with E-state index in [0.29, 0.717) is 23.8 Å². The fourth-order valence-corrected chi connectivity index (χ4v) is 3.79. The molecule has 0 aliphatic carbocycles. The van der Waals surface area contributed by atoms with E-state index < -0.39 is 0 Å². The van der Waals surface area contributed by atoms with Crippen LogP contribution >= 0.6 is 0 Å². The minimum atomic E-state index is -0.181. The minimum Gasteiger partial charge on any atom is -0.325 e. The summed E-state index contributed by atoms with van der Waals surface area (Å²) in [6.07, 6.45) is 3.54. The largest absolute Gasteiger partial charge is 0.325 e. The molecule has 0 amide bonds. The maximum absolute atomic E-state index is 6.47. The third-order valence-corrected chi connectivity index (χ3v) is 5.57. The lowest BCUT2D eigenvalue weighted by Gasteiger charge is -2.32. The zero-order valence-corrected chi connectivity index (χ0v) is 18.0. The molecule has 25 heavy (non-hydrogen) atoms. The predicted octanol–water partition coefficient (Wildman–Crippen LogP) is 5.46. The van der Waals surface area contributed by atoms with Crippen LogP contribution in [0.5, 0.6) is 0 Å². The molecule has 144 valence electrons. The van der Waals surface area contributed by atoms with Crippen molar-refractivity contribution in [3.63, 3.8) is 0 Å². The Balaban J connectivity index is 2.74. The van der Waals surface area contributed by atoms with Gasteiger partial charge in [0.25, 0.3) is 0 Å². The summed E-state index contributed by atoms with van der Waals surface area (Å²) >= 11 is 0. The molecular weight excluding hydrogens is 304 g/mol. The van der Waals surface area contributed by atoms with Crippen molar-refractivity contribution in [2.75, 3.05) is 13.6 Å². The molecule has 0 heterocycles. The maximum Gasteiger partial charge on any atom is 0.0166 e. The van der Waals surface area contributed by atoms with Gasteiger partial charge in [-0.1, -0.05) is 52.0 Å². The molecule has 0 aromatic heterocycles. The lowest BCUT2D eigenvalue weighted by Crippen LogP contribution is -2.39. The Morgan fingerprint density at radius 1 is 1.00 bits per heavy atom. The van der Waals surface area contributed by atoms with E-state index in [9.17, 15) is 0 Å². The van der Waals surface area contributed by atoms with Gasteiger partial charge in [0.1, 0.15) is 0 Å². The molecule has 0 spiro atoms. The van der Waals surface area contributed by atoms with Crippen LogP contribution in [0.2, 0.25) is 0 Å². The third-order valence-electron chi connectivity index (χ3n) is 5.57. The smallest absolute Gasteiger partial charge is 0.0166 e. The van der Waals surface area contributed by atoms with Crippen molar-refractivity contribution in [1.82, 2.24) is 4.90 Å². The standard InChI is InChI=1S/C23H42N2/c1-9-25(8)19(5)15-18(4)16-20-10-12-21(13-11-20)22(14-17(2)3)23(6,7)24/h10-13,17-19,22H,9,14-16,24H2,1-8H3. The van der Waals surface area contributed by atoms with E-state index in [1.54, 1.807) is 0 Å². The second-order valence-electron chi connectivity index (χ2n) is 9.21. The molecule has 0 aliphatic heterocycles. The van der Waals surface area contributed by atoms with E-state index in [4.69, 9.17) is 5.73 Å². The summed E-state index contributed by atoms with van der Waals surface area (Å²) in [5, 5.41) is 0. The molecule has 2 nitrogen and oxygen atoms in total. The quantitative estimate of drug-likeness (QED) is 0.609. The Bertz CT molecular complexity index is 484. The van der Waals surface area contributed by atoms with Crippen LogP contribution in [0.15, 0.2) is 24.3 Å². The third kappa shape index (κ3) is 7.50. The van der Waals surface area contributed by atoms with E-state index >= 15 is 0 Å². The summed E-state index contributed by atoms with van der Waals surface area (Å²) in [5.41, 5.74) is 9.12. The highest BCUT2D eigenvalue weighted by Gasteiger charge is 2.27. The van der Waals surface area contributed by atoms with Gasteiger partial charge in [0.15, 0.2) is 0 Å². The van der Waals surface area contributed by atoms with Gasteiger partial charge in [-0.15, -0.1) is 0 Å². The molecule has 3 atom stereocenters. The van der Waals surface area contributed by atoms with Crippen LogP contribution < -0.4 is 5.73 Å². The average Bonchev–Trinajstić information content (AvgIpc) is 2.51. The van der Waals surface area contributed by atoms with E-state index in [1.807, 2.05) is 0 Å². The van der Waals surface area contributed by atoms with E-state index in [1.165, 1.54) is 17.5 Å². The fraction of sp³-hybridized carbons (Fsp3) is 0.739. The Morgan fingerprint density at radius 3 is 2.00 bits per heavy atom.